The largest absolute Gasteiger partial charge is 0.316 e. The molecule has 3 heteroatoms. The predicted octanol–water partition coefficient (Wildman–Crippen LogP) is 4.36. The van der Waals surface area contributed by atoms with Crippen LogP contribution in [0.15, 0.2) is 12.1 Å². The number of thiophene rings is 1. The maximum absolute atomic E-state index is 5.99. The Balaban J connectivity index is 1.95. The van der Waals surface area contributed by atoms with Gasteiger partial charge in [-0.25, -0.2) is 0 Å². The van der Waals surface area contributed by atoms with E-state index in [1.165, 1.54) is 30.6 Å². The van der Waals surface area contributed by atoms with Gasteiger partial charge in [0, 0.05) is 10.9 Å². The minimum absolute atomic E-state index is 0.618. The average molecular weight is 272 g/mol. The van der Waals surface area contributed by atoms with Crippen LogP contribution in [-0.4, -0.2) is 13.1 Å². The van der Waals surface area contributed by atoms with Gasteiger partial charge in [-0.1, -0.05) is 31.4 Å². The van der Waals surface area contributed by atoms with Gasteiger partial charge in [0.05, 0.1) is 4.34 Å². The van der Waals surface area contributed by atoms with Crippen molar-refractivity contribution in [1.82, 2.24) is 5.32 Å². The zero-order valence-corrected chi connectivity index (χ0v) is 12.3. The van der Waals surface area contributed by atoms with Crippen LogP contribution in [0.3, 0.4) is 0 Å². The fourth-order valence-corrected chi connectivity index (χ4v) is 4.17. The molecule has 96 valence electrons. The Morgan fingerprint density at radius 1 is 1.47 bits per heavy atom. The second kappa shape index (κ2) is 6.21. The predicted molar refractivity (Wildman–Crippen MR) is 77.0 cm³/mol. The molecule has 1 N–H and O–H groups in total. The molecular weight excluding hydrogens is 250 g/mol. The molecule has 1 aliphatic rings. The minimum atomic E-state index is 0.618. The quantitative estimate of drug-likeness (QED) is 0.858. The molecule has 0 saturated heterocycles. The second-order valence-electron chi connectivity index (χ2n) is 5.34. The van der Waals surface area contributed by atoms with Crippen molar-refractivity contribution in [1.29, 1.82) is 0 Å². The highest BCUT2D eigenvalue weighted by Gasteiger charge is 2.26. The summed E-state index contributed by atoms with van der Waals surface area (Å²) in [6.45, 7) is 2.39. The summed E-state index contributed by atoms with van der Waals surface area (Å²) < 4.78 is 0.909. The van der Waals surface area contributed by atoms with Crippen LogP contribution in [0.1, 0.15) is 37.5 Å². The van der Waals surface area contributed by atoms with E-state index in [2.05, 4.69) is 25.4 Å². The van der Waals surface area contributed by atoms with Crippen molar-refractivity contribution >= 4 is 22.9 Å². The molecule has 1 aromatic heterocycles. The molecule has 0 spiro atoms. The molecule has 1 aromatic rings. The third kappa shape index (κ3) is 3.70. The lowest BCUT2D eigenvalue weighted by Gasteiger charge is -2.33. The molecule has 3 atom stereocenters. The molecule has 1 nitrogen and oxygen atoms in total. The normalized spacial score (nSPS) is 27.0. The van der Waals surface area contributed by atoms with Gasteiger partial charge in [-0.2, -0.15) is 0 Å². The van der Waals surface area contributed by atoms with Gasteiger partial charge in [-0.15, -0.1) is 11.3 Å². The lowest BCUT2D eigenvalue weighted by molar-refractivity contribution is 0.228. The van der Waals surface area contributed by atoms with E-state index in [0.717, 1.165) is 22.6 Å². The van der Waals surface area contributed by atoms with Crippen molar-refractivity contribution in [3.63, 3.8) is 0 Å². The Morgan fingerprint density at radius 2 is 2.29 bits per heavy atom. The molecule has 0 radical (unpaired) electrons. The highest BCUT2D eigenvalue weighted by atomic mass is 35.5. The van der Waals surface area contributed by atoms with E-state index in [4.69, 9.17) is 11.6 Å². The van der Waals surface area contributed by atoms with Crippen LogP contribution in [0.25, 0.3) is 0 Å². The van der Waals surface area contributed by atoms with Crippen LogP contribution in [0.2, 0.25) is 4.34 Å². The smallest absolute Gasteiger partial charge is 0.0931 e. The first kappa shape index (κ1) is 13.4. The van der Waals surface area contributed by atoms with Gasteiger partial charge in [0.15, 0.2) is 0 Å². The Hall–Kier alpha value is -0.0500. The van der Waals surface area contributed by atoms with Crippen LogP contribution in [-0.2, 0) is 6.42 Å². The van der Waals surface area contributed by atoms with E-state index < -0.39 is 0 Å². The van der Waals surface area contributed by atoms with Gasteiger partial charge >= 0.3 is 0 Å². The van der Waals surface area contributed by atoms with Gasteiger partial charge in [0.2, 0.25) is 0 Å². The molecule has 1 heterocycles. The molecule has 3 unspecified atom stereocenters. The monoisotopic (exact) mass is 271 g/mol. The third-order valence-electron chi connectivity index (χ3n) is 3.97. The van der Waals surface area contributed by atoms with Gasteiger partial charge in [-0.3, -0.25) is 0 Å². The summed E-state index contributed by atoms with van der Waals surface area (Å²) in [5.41, 5.74) is 0. The fourth-order valence-electron chi connectivity index (χ4n) is 3.03. The maximum Gasteiger partial charge on any atom is 0.0931 e. The van der Waals surface area contributed by atoms with Crippen molar-refractivity contribution in [2.45, 2.75) is 45.1 Å². The number of rotatable bonds is 4. The molecule has 0 amide bonds. The zero-order valence-electron chi connectivity index (χ0n) is 10.7. The van der Waals surface area contributed by atoms with E-state index in [0.29, 0.717) is 6.04 Å². The topological polar surface area (TPSA) is 12.0 Å². The van der Waals surface area contributed by atoms with Gasteiger partial charge < -0.3 is 5.32 Å². The Bertz CT molecular complexity index is 350. The highest BCUT2D eigenvalue weighted by molar-refractivity contribution is 7.16. The van der Waals surface area contributed by atoms with E-state index in [9.17, 15) is 0 Å². The second-order valence-corrected chi connectivity index (χ2v) is 7.14. The molecule has 0 bridgehead atoms. The fraction of sp³-hybridized carbons (Fsp3) is 0.714. The lowest BCUT2D eigenvalue weighted by Crippen LogP contribution is -2.37. The maximum atomic E-state index is 5.99. The molecule has 1 aliphatic carbocycles. The third-order valence-corrected chi connectivity index (χ3v) is 5.22. The molecular formula is C14H22ClNS. The summed E-state index contributed by atoms with van der Waals surface area (Å²) in [7, 11) is 2.10. The van der Waals surface area contributed by atoms with Crippen molar-refractivity contribution < 1.29 is 0 Å². The van der Waals surface area contributed by atoms with Crippen molar-refractivity contribution in [2.75, 3.05) is 7.05 Å². The number of hydrogen-bond donors (Lipinski definition) is 1. The van der Waals surface area contributed by atoms with E-state index >= 15 is 0 Å². The SMILES string of the molecule is CNC(Cc1ccc(Cl)s1)C1CCCC(C)C1. The first-order valence-corrected chi connectivity index (χ1v) is 7.80. The van der Waals surface area contributed by atoms with Gasteiger partial charge in [0.1, 0.15) is 0 Å². The van der Waals surface area contributed by atoms with Crippen LogP contribution in [0, 0.1) is 11.8 Å². The van der Waals surface area contributed by atoms with Crippen molar-refractivity contribution in [3.8, 4) is 0 Å². The number of halogens is 1. The molecule has 1 fully saturated rings. The number of likely N-dealkylation sites (N-methyl/N-ethyl adjacent to an activating group) is 1. The Morgan fingerprint density at radius 3 is 2.88 bits per heavy atom. The molecule has 0 aliphatic heterocycles. The first-order valence-electron chi connectivity index (χ1n) is 6.60. The van der Waals surface area contributed by atoms with Crippen LogP contribution in [0.5, 0.6) is 0 Å². The minimum Gasteiger partial charge on any atom is -0.316 e. The molecule has 0 aromatic carbocycles. The molecule has 2 rings (SSSR count). The number of hydrogen-bond acceptors (Lipinski definition) is 2. The Kier molecular flexibility index (Phi) is 4.89. The molecule has 17 heavy (non-hydrogen) atoms. The lowest BCUT2D eigenvalue weighted by atomic mass is 9.77. The summed E-state index contributed by atoms with van der Waals surface area (Å²) in [6.07, 6.45) is 6.71. The average Bonchev–Trinajstić information content (AvgIpc) is 2.72. The first-order chi connectivity index (χ1) is 8.19. The highest BCUT2D eigenvalue weighted by Crippen LogP contribution is 2.33. The van der Waals surface area contributed by atoms with Crippen LogP contribution < -0.4 is 5.32 Å². The van der Waals surface area contributed by atoms with Gasteiger partial charge in [0.25, 0.3) is 0 Å². The van der Waals surface area contributed by atoms with Crippen molar-refractivity contribution in [2.24, 2.45) is 11.8 Å². The summed E-state index contributed by atoms with van der Waals surface area (Å²) in [4.78, 5) is 1.41. The number of nitrogens with one attached hydrogen (secondary N) is 1. The summed E-state index contributed by atoms with van der Waals surface area (Å²) in [5.74, 6) is 1.74. The van der Waals surface area contributed by atoms with Gasteiger partial charge in [-0.05, 0) is 50.3 Å². The van der Waals surface area contributed by atoms with E-state index in [-0.39, 0.29) is 0 Å². The van der Waals surface area contributed by atoms with E-state index in [1.54, 1.807) is 11.3 Å². The summed E-state index contributed by atoms with van der Waals surface area (Å²) in [6, 6.07) is 4.80. The van der Waals surface area contributed by atoms with E-state index in [1.807, 2.05) is 6.07 Å². The zero-order chi connectivity index (χ0) is 12.3. The standard InChI is InChI=1S/C14H22ClNS/c1-10-4-3-5-11(8-10)13(16-2)9-12-6-7-14(15)17-12/h6-7,10-11,13,16H,3-5,8-9H2,1-2H3. The summed E-state index contributed by atoms with van der Waals surface area (Å²) in [5, 5.41) is 3.51. The molecule has 1 saturated carbocycles. The van der Waals surface area contributed by atoms with Crippen molar-refractivity contribution in [3.05, 3.63) is 21.3 Å². The van der Waals surface area contributed by atoms with Crippen LogP contribution in [0.4, 0.5) is 0 Å². The summed E-state index contributed by atoms with van der Waals surface area (Å²) >= 11 is 7.72. The Labute approximate surface area is 114 Å². The van der Waals surface area contributed by atoms with Crippen LogP contribution >= 0.6 is 22.9 Å².